The molecule has 1 N–H and O–H groups in total. The van der Waals surface area contributed by atoms with Crippen molar-refractivity contribution in [3.63, 3.8) is 0 Å². The second-order valence-electron chi connectivity index (χ2n) is 8.17. The Morgan fingerprint density at radius 1 is 1.25 bits per heavy atom. The summed E-state index contributed by atoms with van der Waals surface area (Å²) >= 11 is 0. The van der Waals surface area contributed by atoms with E-state index in [1.165, 1.54) is 37.8 Å². The molecule has 3 heteroatoms. The lowest BCUT2D eigenvalue weighted by Gasteiger charge is -2.40. The Labute approximate surface area is 146 Å². The molecule has 3 rings (SSSR count). The average Bonchev–Trinajstić information content (AvgIpc) is 2.55. The van der Waals surface area contributed by atoms with E-state index >= 15 is 0 Å². The zero-order valence-corrected chi connectivity index (χ0v) is 15.4. The van der Waals surface area contributed by atoms with Crippen molar-refractivity contribution in [1.82, 2.24) is 4.98 Å². The molecule has 1 unspecified atom stereocenters. The Hall–Kier alpha value is -1.37. The molecule has 2 fully saturated rings. The van der Waals surface area contributed by atoms with Crippen molar-refractivity contribution in [3.8, 4) is 11.8 Å². The molecule has 130 valence electrons. The molecule has 3 atom stereocenters. The summed E-state index contributed by atoms with van der Waals surface area (Å²) in [5, 5.41) is 0. The lowest BCUT2D eigenvalue weighted by molar-refractivity contribution is -0.930. The summed E-state index contributed by atoms with van der Waals surface area (Å²) < 4.78 is 6.27. The van der Waals surface area contributed by atoms with Crippen LogP contribution in [-0.2, 0) is 4.74 Å². The highest BCUT2D eigenvalue weighted by Crippen LogP contribution is 2.34. The van der Waals surface area contributed by atoms with Crippen molar-refractivity contribution < 1.29 is 9.64 Å². The normalized spacial score (nSPS) is 32.6. The minimum Gasteiger partial charge on any atom is -0.357 e. The van der Waals surface area contributed by atoms with Gasteiger partial charge in [-0.05, 0) is 64.9 Å². The van der Waals surface area contributed by atoms with Crippen molar-refractivity contribution in [2.75, 3.05) is 13.1 Å². The highest BCUT2D eigenvalue weighted by molar-refractivity contribution is 5.16. The third-order valence-corrected chi connectivity index (χ3v) is 5.42. The third-order valence-electron chi connectivity index (χ3n) is 5.42. The molecule has 0 spiro atoms. The summed E-state index contributed by atoms with van der Waals surface area (Å²) in [5.74, 6) is 6.93. The summed E-state index contributed by atoms with van der Waals surface area (Å²) in [6.07, 6.45) is 11.1. The van der Waals surface area contributed by atoms with Gasteiger partial charge in [-0.3, -0.25) is 4.98 Å². The number of likely N-dealkylation sites (tertiary alicyclic amines) is 1. The van der Waals surface area contributed by atoms with E-state index in [4.69, 9.17) is 4.74 Å². The van der Waals surface area contributed by atoms with Gasteiger partial charge in [-0.2, -0.15) is 0 Å². The molecule has 2 aliphatic rings. The fourth-order valence-corrected chi connectivity index (χ4v) is 4.27. The van der Waals surface area contributed by atoms with Crippen LogP contribution in [-0.4, -0.2) is 29.3 Å². The van der Waals surface area contributed by atoms with E-state index in [0.717, 1.165) is 19.4 Å². The van der Waals surface area contributed by atoms with Crippen LogP contribution < -0.4 is 4.90 Å². The van der Waals surface area contributed by atoms with Crippen molar-refractivity contribution in [2.45, 2.75) is 76.5 Å². The largest absolute Gasteiger partial charge is 0.357 e. The number of quaternary nitrogens is 1. The number of rotatable bonds is 2. The molecule has 0 aromatic carbocycles. The molecule has 0 saturated carbocycles. The van der Waals surface area contributed by atoms with Crippen LogP contribution in [0.25, 0.3) is 0 Å². The molecule has 0 amide bonds. The number of pyridine rings is 1. The molecule has 2 aliphatic heterocycles. The van der Waals surface area contributed by atoms with Gasteiger partial charge >= 0.3 is 0 Å². The molecule has 0 bridgehead atoms. The Balaban J connectivity index is 1.67. The van der Waals surface area contributed by atoms with E-state index in [1.807, 2.05) is 18.5 Å². The average molecular weight is 327 g/mol. The monoisotopic (exact) mass is 327 g/mol. The van der Waals surface area contributed by atoms with Gasteiger partial charge in [0, 0.05) is 24.4 Å². The van der Waals surface area contributed by atoms with Gasteiger partial charge in [-0.1, -0.05) is 12.0 Å². The van der Waals surface area contributed by atoms with Gasteiger partial charge < -0.3 is 9.64 Å². The van der Waals surface area contributed by atoms with Gasteiger partial charge in [-0.15, -0.1) is 0 Å². The summed E-state index contributed by atoms with van der Waals surface area (Å²) in [6, 6.07) is 4.80. The molecule has 1 aromatic heterocycles. The zero-order chi connectivity index (χ0) is 17.0. The zero-order valence-electron chi connectivity index (χ0n) is 15.4. The number of hydrogen-bond acceptors (Lipinski definition) is 2. The van der Waals surface area contributed by atoms with Crippen LogP contribution in [0.2, 0.25) is 0 Å². The van der Waals surface area contributed by atoms with Gasteiger partial charge in [0.05, 0.1) is 12.1 Å². The topological polar surface area (TPSA) is 26.6 Å². The van der Waals surface area contributed by atoms with Crippen LogP contribution in [0.1, 0.15) is 70.9 Å². The van der Waals surface area contributed by atoms with Crippen LogP contribution in [0.3, 0.4) is 0 Å². The maximum absolute atomic E-state index is 6.27. The molecule has 2 saturated heterocycles. The lowest BCUT2D eigenvalue weighted by Crippen LogP contribution is -3.13. The lowest BCUT2D eigenvalue weighted by atomic mass is 9.88. The fraction of sp³-hybridized carbons (Fsp3) is 0.667. The standard InChI is InChI=1S/C21H30N2O/c1-20(2)11-7-12-21(3,24-20)13-8-16-23-15-5-4-10-19(23)18-9-6-14-22-17-18/h6,9,14,17,19H,4-5,7,10-12,15-16H2,1-3H3/p+1/t19-,21+/m1/s1. The maximum Gasteiger partial charge on any atom is 0.139 e. The van der Waals surface area contributed by atoms with Crippen molar-refractivity contribution >= 4 is 0 Å². The summed E-state index contributed by atoms with van der Waals surface area (Å²) in [4.78, 5) is 5.89. The van der Waals surface area contributed by atoms with Gasteiger partial charge in [0.15, 0.2) is 0 Å². The molecular formula is C21H31N2O+. The minimum atomic E-state index is -0.277. The number of piperidine rings is 1. The van der Waals surface area contributed by atoms with E-state index in [2.05, 4.69) is 43.7 Å². The first-order chi connectivity index (χ1) is 11.5. The first-order valence-corrected chi connectivity index (χ1v) is 9.42. The number of aromatic nitrogens is 1. The van der Waals surface area contributed by atoms with Crippen LogP contribution in [0, 0.1) is 11.8 Å². The highest BCUT2D eigenvalue weighted by atomic mass is 16.5. The Bertz CT molecular complexity index is 601. The fourth-order valence-electron chi connectivity index (χ4n) is 4.27. The van der Waals surface area contributed by atoms with Gasteiger partial charge in [0.25, 0.3) is 0 Å². The van der Waals surface area contributed by atoms with Crippen molar-refractivity contribution in [1.29, 1.82) is 0 Å². The quantitative estimate of drug-likeness (QED) is 0.846. The smallest absolute Gasteiger partial charge is 0.139 e. The minimum absolute atomic E-state index is 0.0437. The van der Waals surface area contributed by atoms with Crippen molar-refractivity contribution in [2.24, 2.45) is 0 Å². The predicted octanol–water partition coefficient (Wildman–Crippen LogP) is 2.93. The van der Waals surface area contributed by atoms with Gasteiger partial charge in [0.2, 0.25) is 0 Å². The Morgan fingerprint density at radius 3 is 2.88 bits per heavy atom. The first kappa shape index (κ1) is 17.5. The second kappa shape index (κ2) is 7.25. The Kier molecular flexibility index (Phi) is 5.27. The summed E-state index contributed by atoms with van der Waals surface area (Å²) in [6.45, 7) is 8.63. The van der Waals surface area contributed by atoms with E-state index in [9.17, 15) is 0 Å². The number of nitrogens with one attached hydrogen (secondary N) is 1. The number of hydrogen-bond donors (Lipinski definition) is 1. The van der Waals surface area contributed by atoms with E-state index in [0.29, 0.717) is 6.04 Å². The van der Waals surface area contributed by atoms with Crippen LogP contribution in [0.4, 0.5) is 0 Å². The number of nitrogens with zero attached hydrogens (tertiary/aromatic N) is 1. The molecule has 24 heavy (non-hydrogen) atoms. The molecule has 0 aliphatic carbocycles. The summed E-state index contributed by atoms with van der Waals surface area (Å²) in [7, 11) is 0. The van der Waals surface area contributed by atoms with Gasteiger partial charge in [0.1, 0.15) is 18.2 Å². The molecule has 3 heterocycles. The van der Waals surface area contributed by atoms with Crippen LogP contribution in [0.5, 0.6) is 0 Å². The first-order valence-electron chi connectivity index (χ1n) is 9.42. The van der Waals surface area contributed by atoms with E-state index in [1.54, 1.807) is 4.90 Å². The number of ether oxygens (including phenoxy) is 1. The second-order valence-corrected chi connectivity index (χ2v) is 8.17. The molecule has 3 nitrogen and oxygen atoms in total. The van der Waals surface area contributed by atoms with Gasteiger partial charge in [-0.25, -0.2) is 0 Å². The van der Waals surface area contributed by atoms with Crippen molar-refractivity contribution in [3.05, 3.63) is 30.1 Å². The SMILES string of the molecule is CC1(C)CCC[C@@](C)(C#CC[NH+]2CCCC[C@@H]2c2cccnc2)O1. The highest BCUT2D eigenvalue weighted by Gasteiger charge is 2.36. The Morgan fingerprint density at radius 2 is 2.12 bits per heavy atom. The van der Waals surface area contributed by atoms with Crippen LogP contribution in [0.15, 0.2) is 24.5 Å². The van der Waals surface area contributed by atoms with E-state index in [-0.39, 0.29) is 11.2 Å². The molecule has 0 radical (unpaired) electrons. The summed E-state index contributed by atoms with van der Waals surface area (Å²) in [5.41, 5.74) is 1.04. The maximum atomic E-state index is 6.27. The van der Waals surface area contributed by atoms with E-state index < -0.39 is 0 Å². The molecular weight excluding hydrogens is 296 g/mol. The molecule has 1 aromatic rings. The predicted molar refractivity (Wildman–Crippen MR) is 96.7 cm³/mol. The third kappa shape index (κ3) is 4.37. The van der Waals surface area contributed by atoms with Crippen LogP contribution >= 0.6 is 0 Å².